The number of halogens is 1. The van der Waals surface area contributed by atoms with Crippen LogP contribution < -0.4 is 0 Å². The van der Waals surface area contributed by atoms with Crippen molar-refractivity contribution in [1.82, 2.24) is 0 Å². The van der Waals surface area contributed by atoms with Crippen LogP contribution in [0.4, 0.5) is 0 Å². The number of unbranched alkanes of at least 4 members (excludes halogenated alkanes) is 4. The minimum atomic E-state index is 0.351. The molecule has 0 aliphatic rings. The van der Waals surface area contributed by atoms with Crippen LogP contribution in [-0.2, 0) is 12.8 Å². The van der Waals surface area contributed by atoms with E-state index in [9.17, 15) is 10.2 Å². The summed E-state index contributed by atoms with van der Waals surface area (Å²) < 4.78 is 0.367. The zero-order valence-corrected chi connectivity index (χ0v) is 20.4. The third-order valence-corrected chi connectivity index (χ3v) is 6.29. The number of phenolic OH excluding ortho intramolecular Hbond substituents is 2. The Hall–Kier alpha value is -0.450. The summed E-state index contributed by atoms with van der Waals surface area (Å²) in [6, 6.07) is 3.57. The fourth-order valence-electron chi connectivity index (χ4n) is 3.37. The van der Waals surface area contributed by atoms with E-state index in [-0.39, 0.29) is 0 Å². The zero-order valence-electron chi connectivity index (χ0n) is 18.2. The number of phenols is 2. The van der Waals surface area contributed by atoms with Crippen LogP contribution in [0.3, 0.4) is 0 Å². The summed E-state index contributed by atoms with van der Waals surface area (Å²) in [5.74, 6) is 0.703. The standard InChI is InChI=1S/C24H41IO2/c1-6-23(2,3)15-11-7-9-13-19-17-22(27)20(18-21(19)26)14-10-8-12-16-24(4,5)25/h17-18,26-27H,6-16H2,1-5H3. The van der Waals surface area contributed by atoms with Crippen LogP contribution in [0, 0.1) is 5.41 Å². The predicted octanol–water partition coefficient (Wildman–Crippen LogP) is 7.95. The molecule has 0 spiro atoms. The van der Waals surface area contributed by atoms with Crippen molar-refractivity contribution in [2.75, 3.05) is 0 Å². The Morgan fingerprint density at radius 3 is 1.59 bits per heavy atom. The van der Waals surface area contributed by atoms with E-state index in [0.717, 1.165) is 36.8 Å². The highest BCUT2D eigenvalue weighted by molar-refractivity contribution is 14.1. The van der Waals surface area contributed by atoms with Gasteiger partial charge in [0, 0.05) is 3.42 Å². The van der Waals surface area contributed by atoms with Crippen molar-refractivity contribution in [3.8, 4) is 11.5 Å². The summed E-state index contributed by atoms with van der Waals surface area (Å²) in [6.45, 7) is 11.4. The molecule has 1 rings (SSSR count). The first-order valence-electron chi connectivity index (χ1n) is 10.8. The Labute approximate surface area is 181 Å². The average Bonchev–Trinajstić information content (AvgIpc) is 2.56. The van der Waals surface area contributed by atoms with Crippen molar-refractivity contribution in [2.45, 2.75) is 109 Å². The van der Waals surface area contributed by atoms with Crippen LogP contribution >= 0.6 is 22.6 Å². The Balaban J connectivity index is 2.39. The van der Waals surface area contributed by atoms with E-state index >= 15 is 0 Å². The third-order valence-electron chi connectivity index (χ3n) is 5.75. The molecule has 2 N–H and O–H groups in total. The van der Waals surface area contributed by atoms with Gasteiger partial charge >= 0.3 is 0 Å². The number of aryl methyl sites for hydroxylation is 2. The van der Waals surface area contributed by atoms with E-state index < -0.39 is 0 Å². The van der Waals surface area contributed by atoms with Gasteiger partial charge in [-0.2, -0.15) is 0 Å². The molecule has 27 heavy (non-hydrogen) atoms. The number of benzene rings is 1. The molecule has 3 heteroatoms. The molecule has 1 aromatic rings. The molecule has 0 fully saturated rings. The zero-order chi connectivity index (χ0) is 20.5. The summed E-state index contributed by atoms with van der Waals surface area (Å²) in [5, 5.41) is 20.7. The van der Waals surface area contributed by atoms with Gasteiger partial charge in [0.05, 0.1) is 0 Å². The molecule has 0 aliphatic carbocycles. The average molecular weight is 488 g/mol. The van der Waals surface area contributed by atoms with E-state index in [2.05, 4.69) is 57.2 Å². The number of hydrogen-bond acceptors (Lipinski definition) is 2. The smallest absolute Gasteiger partial charge is 0.119 e. The minimum Gasteiger partial charge on any atom is -0.508 e. The normalized spacial score (nSPS) is 12.5. The van der Waals surface area contributed by atoms with Gasteiger partial charge in [-0.3, -0.25) is 0 Å². The lowest BCUT2D eigenvalue weighted by Crippen LogP contribution is -2.08. The van der Waals surface area contributed by atoms with Crippen molar-refractivity contribution in [1.29, 1.82) is 0 Å². The van der Waals surface area contributed by atoms with Crippen LogP contribution in [0.2, 0.25) is 0 Å². The van der Waals surface area contributed by atoms with Gasteiger partial charge in [-0.05, 0) is 67.2 Å². The lowest BCUT2D eigenvalue weighted by atomic mass is 9.84. The lowest BCUT2D eigenvalue weighted by Gasteiger charge is -2.22. The van der Waals surface area contributed by atoms with Gasteiger partial charge in [0.25, 0.3) is 0 Å². The monoisotopic (exact) mass is 488 g/mol. The summed E-state index contributed by atoms with van der Waals surface area (Å²) in [4.78, 5) is 0. The summed E-state index contributed by atoms with van der Waals surface area (Å²) in [5.41, 5.74) is 2.21. The maximum Gasteiger partial charge on any atom is 0.119 e. The Bertz CT molecular complexity index is 558. The van der Waals surface area contributed by atoms with Gasteiger partial charge in [-0.15, -0.1) is 0 Å². The molecular weight excluding hydrogens is 447 g/mol. The first-order chi connectivity index (χ1) is 12.5. The van der Waals surface area contributed by atoms with Crippen LogP contribution in [-0.4, -0.2) is 13.6 Å². The number of alkyl halides is 1. The van der Waals surface area contributed by atoms with Crippen molar-refractivity contribution in [2.24, 2.45) is 5.41 Å². The van der Waals surface area contributed by atoms with Gasteiger partial charge in [-0.1, -0.05) is 89.3 Å². The summed E-state index contributed by atoms with van der Waals surface area (Å²) in [6.07, 6.45) is 12.3. The molecule has 0 radical (unpaired) electrons. The Morgan fingerprint density at radius 1 is 0.741 bits per heavy atom. The first kappa shape index (κ1) is 24.6. The fourth-order valence-corrected chi connectivity index (χ4v) is 3.76. The molecule has 0 saturated carbocycles. The molecule has 0 atom stereocenters. The molecule has 0 amide bonds. The number of hydrogen-bond donors (Lipinski definition) is 2. The van der Waals surface area contributed by atoms with Crippen LogP contribution in [0.5, 0.6) is 11.5 Å². The molecule has 0 aromatic heterocycles. The van der Waals surface area contributed by atoms with E-state index in [1.54, 1.807) is 12.1 Å². The maximum atomic E-state index is 10.3. The molecule has 0 heterocycles. The third kappa shape index (κ3) is 10.6. The summed E-state index contributed by atoms with van der Waals surface area (Å²) in [7, 11) is 0. The van der Waals surface area contributed by atoms with E-state index in [0.29, 0.717) is 20.3 Å². The summed E-state index contributed by atoms with van der Waals surface area (Å²) >= 11 is 2.50. The lowest BCUT2D eigenvalue weighted by molar-refractivity contribution is 0.308. The van der Waals surface area contributed by atoms with Crippen LogP contribution in [0.15, 0.2) is 12.1 Å². The first-order valence-corrected chi connectivity index (χ1v) is 11.8. The van der Waals surface area contributed by atoms with E-state index in [1.165, 1.54) is 44.9 Å². The highest BCUT2D eigenvalue weighted by Crippen LogP contribution is 2.31. The number of aromatic hydroxyl groups is 2. The molecule has 0 bridgehead atoms. The molecule has 0 unspecified atom stereocenters. The molecule has 0 saturated heterocycles. The molecule has 1 aromatic carbocycles. The molecule has 156 valence electrons. The van der Waals surface area contributed by atoms with Gasteiger partial charge in [0.2, 0.25) is 0 Å². The van der Waals surface area contributed by atoms with Crippen molar-refractivity contribution < 1.29 is 10.2 Å². The van der Waals surface area contributed by atoms with Crippen LogP contribution in [0.1, 0.15) is 104 Å². The minimum absolute atomic E-state index is 0.351. The second kappa shape index (κ2) is 11.5. The largest absolute Gasteiger partial charge is 0.508 e. The Kier molecular flexibility index (Phi) is 10.5. The van der Waals surface area contributed by atoms with Gasteiger partial charge in [0.15, 0.2) is 0 Å². The van der Waals surface area contributed by atoms with Crippen molar-refractivity contribution in [3.63, 3.8) is 0 Å². The van der Waals surface area contributed by atoms with Crippen molar-refractivity contribution in [3.05, 3.63) is 23.3 Å². The van der Waals surface area contributed by atoms with Gasteiger partial charge < -0.3 is 10.2 Å². The quantitative estimate of drug-likeness (QED) is 0.128. The SMILES string of the molecule is CCC(C)(C)CCCCCc1cc(O)c(CCCCCC(C)(C)I)cc1O. The topological polar surface area (TPSA) is 40.5 Å². The highest BCUT2D eigenvalue weighted by atomic mass is 127. The van der Waals surface area contributed by atoms with Gasteiger partial charge in [-0.25, -0.2) is 0 Å². The Morgan fingerprint density at radius 2 is 1.19 bits per heavy atom. The fraction of sp³-hybridized carbons (Fsp3) is 0.750. The van der Waals surface area contributed by atoms with Gasteiger partial charge in [0.1, 0.15) is 11.5 Å². The second-order valence-corrected chi connectivity index (χ2v) is 12.4. The van der Waals surface area contributed by atoms with Crippen LogP contribution in [0.25, 0.3) is 0 Å². The molecule has 0 aliphatic heterocycles. The maximum absolute atomic E-state index is 10.3. The predicted molar refractivity (Wildman–Crippen MR) is 126 cm³/mol. The molecule has 2 nitrogen and oxygen atoms in total. The molecular formula is C24H41IO2. The van der Waals surface area contributed by atoms with Crippen molar-refractivity contribution >= 4 is 22.6 Å². The van der Waals surface area contributed by atoms with E-state index in [4.69, 9.17) is 0 Å². The highest BCUT2D eigenvalue weighted by Gasteiger charge is 2.14. The second-order valence-electron chi connectivity index (χ2n) is 9.47. The van der Waals surface area contributed by atoms with E-state index in [1.807, 2.05) is 0 Å². The number of rotatable bonds is 13.